The van der Waals surface area contributed by atoms with Crippen LogP contribution >= 0.6 is 0 Å². The van der Waals surface area contributed by atoms with Gasteiger partial charge in [0.15, 0.2) is 15.5 Å². The van der Waals surface area contributed by atoms with E-state index < -0.39 is 97.6 Å². The number of sulfone groups is 1. The third-order valence-corrected chi connectivity index (χ3v) is 12.0. The largest absolute Gasteiger partial charge is 0.481 e. The molecule has 1 heterocycles. The van der Waals surface area contributed by atoms with Gasteiger partial charge in [-0.2, -0.15) is 26.3 Å². The Kier molecular flexibility index (Phi) is 7.81. The quantitative estimate of drug-likeness (QED) is 0.297. The van der Waals surface area contributed by atoms with Gasteiger partial charge in [-0.1, -0.05) is 18.2 Å². The van der Waals surface area contributed by atoms with Crippen molar-refractivity contribution < 1.29 is 62.6 Å². The highest BCUT2D eigenvalue weighted by molar-refractivity contribution is 7.92. The van der Waals surface area contributed by atoms with Crippen molar-refractivity contribution in [3.05, 3.63) is 65.0 Å². The van der Waals surface area contributed by atoms with Crippen LogP contribution < -0.4 is 0 Å². The standard InChI is InChI=1S/C29H26F9NO5S/c30-19-3-5-20(6-4-19)45(43,44)26-13-14-39(24(42)25(31)11-9-16(10-12-25)23(40)41)22(26)8-1-17-15-18(2-7-21(17)26)27(32,28(33,34)35)29(36,37)38/h2-7,15-16,22H,1,8-14H2,(H,40,41)/t16-,22-,25+,26-/m0/s1. The van der Waals surface area contributed by atoms with Crippen LogP contribution in [0.4, 0.5) is 39.5 Å². The number of halogens is 9. The first-order valence-electron chi connectivity index (χ1n) is 13.9. The molecule has 246 valence electrons. The molecule has 2 aromatic rings. The van der Waals surface area contributed by atoms with Gasteiger partial charge in [-0.15, -0.1) is 0 Å². The van der Waals surface area contributed by atoms with Crippen molar-refractivity contribution in [1.82, 2.24) is 4.90 Å². The number of likely N-dealkylation sites (tertiary alicyclic amines) is 1. The van der Waals surface area contributed by atoms with Crippen molar-refractivity contribution >= 4 is 21.7 Å². The van der Waals surface area contributed by atoms with Crippen molar-refractivity contribution in [3.63, 3.8) is 0 Å². The molecule has 1 amide bonds. The van der Waals surface area contributed by atoms with Crippen LogP contribution in [0.2, 0.25) is 0 Å². The Bertz CT molecular complexity index is 1600. The number of aryl methyl sites for hydroxylation is 1. The summed E-state index contributed by atoms with van der Waals surface area (Å²) in [7, 11) is -4.73. The maximum Gasteiger partial charge on any atom is 0.435 e. The zero-order chi connectivity index (χ0) is 33.4. The lowest BCUT2D eigenvalue weighted by Crippen LogP contribution is -2.56. The zero-order valence-corrected chi connectivity index (χ0v) is 24.0. The fourth-order valence-corrected chi connectivity index (χ4v) is 9.46. The molecule has 2 aromatic carbocycles. The number of carboxylic acid groups (broad SMARTS) is 1. The summed E-state index contributed by atoms with van der Waals surface area (Å²) < 4.78 is 152. The number of benzene rings is 2. The molecule has 16 heteroatoms. The summed E-state index contributed by atoms with van der Waals surface area (Å²) in [6.45, 7) is -0.378. The maximum absolute atomic E-state index is 16.1. The lowest BCUT2D eigenvalue weighted by molar-refractivity contribution is -0.348. The van der Waals surface area contributed by atoms with Gasteiger partial charge in [0.25, 0.3) is 5.91 Å². The monoisotopic (exact) mass is 671 g/mol. The van der Waals surface area contributed by atoms with Gasteiger partial charge in [0.05, 0.1) is 16.9 Å². The predicted molar refractivity (Wildman–Crippen MR) is 138 cm³/mol. The van der Waals surface area contributed by atoms with Crippen LogP contribution in [0.15, 0.2) is 47.4 Å². The van der Waals surface area contributed by atoms with Crippen LogP contribution in [0.3, 0.4) is 0 Å². The summed E-state index contributed by atoms with van der Waals surface area (Å²) in [5, 5.41) is 9.26. The highest BCUT2D eigenvalue weighted by atomic mass is 32.2. The van der Waals surface area contributed by atoms with E-state index in [1.165, 1.54) is 0 Å². The molecule has 1 aliphatic heterocycles. The lowest BCUT2D eigenvalue weighted by atomic mass is 9.76. The normalized spacial score (nSPS) is 27.5. The second-order valence-corrected chi connectivity index (χ2v) is 14.0. The number of fused-ring (bicyclic) bond motifs is 3. The number of carbonyl (C=O) groups is 2. The third-order valence-electron chi connectivity index (χ3n) is 9.44. The number of aliphatic carboxylic acids is 1. The first-order chi connectivity index (χ1) is 20.7. The molecule has 1 N–H and O–H groups in total. The molecule has 0 bridgehead atoms. The number of amides is 1. The van der Waals surface area contributed by atoms with Crippen LogP contribution in [0, 0.1) is 11.7 Å². The Hall–Kier alpha value is -3.30. The van der Waals surface area contributed by atoms with Crippen molar-refractivity contribution in [2.45, 2.75) is 84.3 Å². The Labute approximate surface area is 251 Å². The van der Waals surface area contributed by atoms with E-state index in [4.69, 9.17) is 0 Å². The van der Waals surface area contributed by atoms with E-state index in [0.29, 0.717) is 12.1 Å². The molecule has 2 aliphatic carbocycles. The van der Waals surface area contributed by atoms with Crippen molar-refractivity contribution in [3.8, 4) is 0 Å². The molecular weight excluding hydrogens is 645 g/mol. The minimum atomic E-state index is -6.42. The van der Waals surface area contributed by atoms with E-state index in [9.17, 15) is 58.2 Å². The van der Waals surface area contributed by atoms with Crippen molar-refractivity contribution in [2.24, 2.45) is 5.92 Å². The Morgan fingerprint density at radius 3 is 1.98 bits per heavy atom. The molecule has 1 saturated carbocycles. The number of carboxylic acids is 1. The molecule has 0 unspecified atom stereocenters. The van der Waals surface area contributed by atoms with Crippen LogP contribution in [-0.4, -0.2) is 60.9 Å². The maximum atomic E-state index is 16.1. The SMILES string of the molecule is O=C(O)[C@H]1CC[C@](F)(C(=O)N2CC[C@]3(S(=O)(=O)c4ccc(F)cc4)c4ccc(C(F)(C(F)(F)F)C(F)(F)F)cc4CC[C@H]23)CC1. The Balaban J connectivity index is 1.64. The molecule has 0 radical (unpaired) electrons. The minimum Gasteiger partial charge on any atom is -0.481 e. The second-order valence-electron chi connectivity index (χ2n) is 11.8. The van der Waals surface area contributed by atoms with Crippen LogP contribution in [0.5, 0.6) is 0 Å². The van der Waals surface area contributed by atoms with Gasteiger partial charge >= 0.3 is 24.0 Å². The third kappa shape index (κ3) is 4.89. The smallest absolute Gasteiger partial charge is 0.435 e. The van der Waals surface area contributed by atoms with Gasteiger partial charge in [-0.05, 0) is 80.3 Å². The van der Waals surface area contributed by atoms with Crippen LogP contribution in [-0.2, 0) is 36.3 Å². The average molecular weight is 672 g/mol. The second kappa shape index (κ2) is 10.6. The number of alkyl halides is 8. The van der Waals surface area contributed by atoms with Crippen LogP contribution in [0.1, 0.15) is 55.2 Å². The molecule has 45 heavy (non-hydrogen) atoms. The lowest BCUT2D eigenvalue weighted by Gasteiger charge is -2.44. The predicted octanol–water partition coefficient (Wildman–Crippen LogP) is 6.31. The first-order valence-corrected chi connectivity index (χ1v) is 15.4. The number of carbonyl (C=O) groups excluding carboxylic acids is 1. The molecule has 3 aliphatic rings. The molecule has 0 aromatic heterocycles. The van der Waals surface area contributed by atoms with E-state index in [2.05, 4.69) is 0 Å². The van der Waals surface area contributed by atoms with Gasteiger partial charge in [-0.25, -0.2) is 21.6 Å². The molecule has 2 fully saturated rings. The van der Waals surface area contributed by atoms with Gasteiger partial charge < -0.3 is 10.0 Å². The van der Waals surface area contributed by atoms with E-state index in [1.807, 2.05) is 0 Å². The Morgan fingerprint density at radius 2 is 1.44 bits per heavy atom. The fourth-order valence-electron chi connectivity index (χ4n) is 7.09. The average Bonchev–Trinajstić information content (AvgIpc) is 3.37. The van der Waals surface area contributed by atoms with Gasteiger partial charge in [0.1, 0.15) is 10.6 Å². The van der Waals surface area contributed by atoms with Crippen molar-refractivity contribution in [2.75, 3.05) is 6.54 Å². The van der Waals surface area contributed by atoms with E-state index in [0.717, 1.165) is 29.2 Å². The molecule has 2 atom stereocenters. The molecule has 0 spiro atoms. The molecule has 6 nitrogen and oxygen atoms in total. The summed E-state index contributed by atoms with van der Waals surface area (Å²) >= 11 is 0. The van der Waals surface area contributed by atoms with Gasteiger partial charge in [0, 0.05) is 12.1 Å². The topological polar surface area (TPSA) is 91.8 Å². The molecular formula is C29H26F9NO5S. The van der Waals surface area contributed by atoms with Crippen LogP contribution in [0.25, 0.3) is 0 Å². The van der Waals surface area contributed by atoms with E-state index in [-0.39, 0.29) is 49.4 Å². The number of hydrogen-bond donors (Lipinski definition) is 1. The fraction of sp³-hybridized carbons (Fsp3) is 0.517. The summed E-state index contributed by atoms with van der Waals surface area (Å²) in [6.07, 6.45) is -15.3. The van der Waals surface area contributed by atoms with Gasteiger partial charge in [0.2, 0.25) is 0 Å². The van der Waals surface area contributed by atoms with E-state index >= 15 is 4.39 Å². The summed E-state index contributed by atoms with van der Waals surface area (Å²) in [5.41, 5.74) is -10.7. The highest BCUT2D eigenvalue weighted by Gasteiger charge is 2.74. The minimum absolute atomic E-state index is 0.163. The van der Waals surface area contributed by atoms with Gasteiger partial charge in [-0.3, -0.25) is 9.59 Å². The number of rotatable bonds is 5. The Morgan fingerprint density at radius 1 is 0.867 bits per heavy atom. The summed E-state index contributed by atoms with van der Waals surface area (Å²) in [5.74, 6) is -3.96. The molecule has 1 saturated heterocycles. The summed E-state index contributed by atoms with van der Waals surface area (Å²) in [4.78, 5) is 25.5. The van der Waals surface area contributed by atoms with E-state index in [1.54, 1.807) is 0 Å². The zero-order valence-electron chi connectivity index (χ0n) is 23.2. The highest BCUT2D eigenvalue weighted by Crippen LogP contribution is 2.57. The first kappa shape index (κ1) is 33.1. The number of nitrogens with zero attached hydrogens (tertiary/aromatic N) is 1. The molecule has 5 rings (SSSR count). The number of hydrogen-bond acceptors (Lipinski definition) is 4. The van der Waals surface area contributed by atoms with Crippen molar-refractivity contribution in [1.29, 1.82) is 0 Å². The summed E-state index contributed by atoms with van der Waals surface area (Å²) in [6, 6.07) is 3.31.